The van der Waals surface area contributed by atoms with Crippen LogP contribution in [0.25, 0.3) is 32.9 Å². The van der Waals surface area contributed by atoms with Gasteiger partial charge < -0.3 is 24.3 Å². The van der Waals surface area contributed by atoms with Gasteiger partial charge >= 0.3 is 18.0 Å². The highest BCUT2D eigenvalue weighted by Crippen LogP contribution is 2.45. The number of nitrogens with zero attached hydrogens (tertiary/aromatic N) is 1. The van der Waals surface area contributed by atoms with Crippen molar-refractivity contribution in [1.29, 1.82) is 0 Å². The van der Waals surface area contributed by atoms with Crippen LogP contribution in [0.1, 0.15) is 96.0 Å². The van der Waals surface area contributed by atoms with Crippen molar-refractivity contribution >= 4 is 39.8 Å². The summed E-state index contributed by atoms with van der Waals surface area (Å²) in [5.74, 6) is -1.62. The standard InChI is InChI=1S/C38H38FN3O5/c1-21-7-5-9-27-30(24-17-19-42(20-18-24)37(45)47-38(2,3)4)33(40-31(21)27)35(43)46-36(44)34-29(23-13-15-25(39)16-14-23)28-10-6-8-26(22-11-12-22)32(28)41-34/h5-10,13-16,22,24,40-41H,11-12,17-20H2,1-4H3. The fourth-order valence-corrected chi connectivity index (χ4v) is 6.88. The molecule has 3 heterocycles. The Kier molecular flexibility index (Phi) is 7.65. The second kappa shape index (κ2) is 11.7. The van der Waals surface area contributed by atoms with E-state index in [9.17, 15) is 18.8 Å². The minimum absolute atomic E-state index is 0.0501. The van der Waals surface area contributed by atoms with Crippen molar-refractivity contribution in [3.8, 4) is 11.1 Å². The summed E-state index contributed by atoms with van der Waals surface area (Å²) in [4.78, 5) is 48.9. The molecule has 2 fully saturated rings. The van der Waals surface area contributed by atoms with Gasteiger partial charge in [0.05, 0.1) is 5.52 Å². The zero-order valence-electron chi connectivity index (χ0n) is 27.0. The third-order valence-electron chi connectivity index (χ3n) is 9.25. The molecule has 1 aliphatic heterocycles. The van der Waals surface area contributed by atoms with Crippen LogP contribution >= 0.6 is 0 Å². The predicted octanol–water partition coefficient (Wildman–Crippen LogP) is 8.75. The van der Waals surface area contributed by atoms with Gasteiger partial charge in [0.1, 0.15) is 22.8 Å². The molecule has 2 aromatic heterocycles. The molecule has 3 aromatic carbocycles. The van der Waals surface area contributed by atoms with Crippen LogP contribution in [0, 0.1) is 12.7 Å². The van der Waals surface area contributed by atoms with E-state index in [1.165, 1.54) is 12.1 Å². The Morgan fingerprint density at radius 1 is 0.787 bits per heavy atom. The maximum Gasteiger partial charge on any atom is 0.410 e. The number of rotatable bonds is 5. The summed E-state index contributed by atoms with van der Waals surface area (Å²) in [5.41, 5.74) is 5.50. The molecule has 2 aliphatic rings. The molecule has 1 saturated carbocycles. The third kappa shape index (κ3) is 5.90. The number of aromatic amines is 2. The Balaban J connectivity index is 1.22. The lowest BCUT2D eigenvalue weighted by Gasteiger charge is -2.33. The lowest BCUT2D eigenvalue weighted by Crippen LogP contribution is -2.41. The second-order valence-electron chi connectivity index (χ2n) is 13.8. The summed E-state index contributed by atoms with van der Waals surface area (Å²) in [5, 5.41) is 1.71. The van der Waals surface area contributed by atoms with Crippen LogP contribution in [0.2, 0.25) is 0 Å². The molecule has 0 bridgehead atoms. The summed E-state index contributed by atoms with van der Waals surface area (Å²) in [7, 11) is 0. The van der Waals surface area contributed by atoms with Gasteiger partial charge in [-0.2, -0.15) is 0 Å². The van der Waals surface area contributed by atoms with Gasteiger partial charge in [-0.1, -0.05) is 48.5 Å². The average molecular weight is 636 g/mol. The van der Waals surface area contributed by atoms with E-state index in [1.54, 1.807) is 17.0 Å². The molecule has 7 rings (SSSR count). The van der Waals surface area contributed by atoms with E-state index in [1.807, 2.05) is 58.0 Å². The highest BCUT2D eigenvalue weighted by Gasteiger charge is 2.34. The minimum Gasteiger partial charge on any atom is -0.444 e. The van der Waals surface area contributed by atoms with Crippen LogP contribution in [-0.4, -0.2) is 51.6 Å². The van der Waals surface area contributed by atoms with Crippen molar-refractivity contribution in [3.05, 3.63) is 94.6 Å². The number of H-pyrrole nitrogens is 2. The Morgan fingerprint density at radius 3 is 2.11 bits per heavy atom. The number of aryl methyl sites for hydroxylation is 1. The zero-order valence-corrected chi connectivity index (χ0v) is 27.0. The van der Waals surface area contributed by atoms with Crippen molar-refractivity contribution in [1.82, 2.24) is 14.9 Å². The number of nitrogens with one attached hydrogen (secondary N) is 2. The summed E-state index contributed by atoms with van der Waals surface area (Å²) < 4.78 is 25.1. The molecule has 47 heavy (non-hydrogen) atoms. The normalized spacial score (nSPS) is 15.7. The first-order valence-corrected chi connectivity index (χ1v) is 16.2. The van der Waals surface area contributed by atoms with Crippen molar-refractivity contribution in [2.24, 2.45) is 0 Å². The highest BCUT2D eigenvalue weighted by atomic mass is 19.1. The number of benzene rings is 3. The number of ether oxygens (including phenoxy) is 2. The van der Waals surface area contributed by atoms with Gasteiger partial charge in [-0.25, -0.2) is 18.8 Å². The summed E-state index contributed by atoms with van der Waals surface area (Å²) in [6.07, 6.45) is 3.03. The van der Waals surface area contributed by atoms with Crippen LogP contribution < -0.4 is 0 Å². The molecule has 5 aromatic rings. The van der Waals surface area contributed by atoms with Crippen LogP contribution in [0.15, 0.2) is 60.7 Å². The van der Waals surface area contributed by atoms with Crippen LogP contribution in [0.5, 0.6) is 0 Å². The van der Waals surface area contributed by atoms with Crippen molar-refractivity contribution < 1.29 is 28.2 Å². The van der Waals surface area contributed by atoms with Gasteiger partial charge in [0.15, 0.2) is 0 Å². The van der Waals surface area contributed by atoms with Crippen molar-refractivity contribution in [2.45, 2.75) is 70.8 Å². The maximum absolute atomic E-state index is 14.0. The molecule has 8 nitrogen and oxygen atoms in total. The van der Waals surface area contributed by atoms with E-state index < -0.39 is 17.5 Å². The molecular weight excluding hydrogens is 597 g/mol. The molecule has 242 valence electrons. The quantitative estimate of drug-likeness (QED) is 0.148. The summed E-state index contributed by atoms with van der Waals surface area (Å²) in [6, 6.07) is 17.8. The number of amides is 1. The molecule has 0 unspecified atom stereocenters. The van der Waals surface area contributed by atoms with E-state index >= 15 is 0 Å². The van der Waals surface area contributed by atoms with E-state index in [0.29, 0.717) is 43.0 Å². The number of carbonyl (C=O) groups excluding carboxylic acids is 3. The maximum atomic E-state index is 14.0. The van der Waals surface area contributed by atoms with E-state index in [4.69, 9.17) is 9.47 Å². The van der Waals surface area contributed by atoms with Gasteiger partial charge in [0.2, 0.25) is 0 Å². The molecule has 2 N–H and O–H groups in total. The number of esters is 2. The number of hydrogen-bond acceptors (Lipinski definition) is 5. The van der Waals surface area contributed by atoms with E-state index in [2.05, 4.69) is 16.0 Å². The highest BCUT2D eigenvalue weighted by molar-refractivity contribution is 6.12. The SMILES string of the molecule is Cc1cccc2c(C3CCN(C(=O)OC(C)(C)C)CC3)c(C(=O)OC(=O)c3[nH]c4c(C5CC5)cccc4c3-c3ccc(F)cc3)[nH]c12. The average Bonchev–Trinajstić information content (AvgIpc) is 3.68. The smallest absolute Gasteiger partial charge is 0.410 e. The van der Waals surface area contributed by atoms with Gasteiger partial charge in [0.25, 0.3) is 0 Å². The largest absolute Gasteiger partial charge is 0.444 e. The number of para-hydroxylation sites is 2. The van der Waals surface area contributed by atoms with Gasteiger partial charge in [-0.05, 0) is 99.6 Å². The van der Waals surface area contributed by atoms with Crippen LogP contribution in [0.4, 0.5) is 9.18 Å². The lowest BCUT2D eigenvalue weighted by atomic mass is 9.87. The molecule has 9 heteroatoms. The number of fused-ring (bicyclic) bond motifs is 2. The Bertz CT molecular complexity index is 2020. The number of likely N-dealkylation sites (tertiary alicyclic amines) is 1. The van der Waals surface area contributed by atoms with Crippen LogP contribution in [-0.2, 0) is 9.47 Å². The van der Waals surface area contributed by atoms with Crippen molar-refractivity contribution in [3.63, 3.8) is 0 Å². The first-order chi connectivity index (χ1) is 22.5. The number of piperidine rings is 1. The Morgan fingerprint density at radius 2 is 1.43 bits per heavy atom. The van der Waals surface area contributed by atoms with Gasteiger partial charge in [-0.15, -0.1) is 0 Å². The first-order valence-electron chi connectivity index (χ1n) is 16.2. The molecule has 1 aliphatic carbocycles. The first kappa shape index (κ1) is 30.7. The number of carbonyl (C=O) groups is 3. The molecule has 0 radical (unpaired) electrons. The zero-order chi connectivity index (χ0) is 33.0. The lowest BCUT2D eigenvalue weighted by molar-refractivity contribution is 0.0202. The Hall–Kier alpha value is -4.92. The van der Waals surface area contributed by atoms with E-state index in [0.717, 1.165) is 51.3 Å². The fraction of sp³-hybridized carbons (Fsp3) is 0.342. The van der Waals surface area contributed by atoms with Crippen LogP contribution in [0.3, 0.4) is 0 Å². The predicted molar refractivity (Wildman–Crippen MR) is 178 cm³/mol. The topological polar surface area (TPSA) is 104 Å². The van der Waals surface area contributed by atoms with Gasteiger partial charge in [0, 0.05) is 34.9 Å². The van der Waals surface area contributed by atoms with Gasteiger partial charge in [-0.3, -0.25) is 0 Å². The number of aromatic nitrogens is 2. The molecule has 1 saturated heterocycles. The summed E-state index contributed by atoms with van der Waals surface area (Å²) in [6.45, 7) is 8.45. The molecule has 0 atom stereocenters. The Labute approximate surface area is 272 Å². The number of halogens is 1. The van der Waals surface area contributed by atoms with Crippen molar-refractivity contribution in [2.75, 3.05) is 13.1 Å². The molecular formula is C38H38FN3O5. The van der Waals surface area contributed by atoms with E-state index in [-0.39, 0.29) is 29.2 Å². The minimum atomic E-state index is -0.812. The monoisotopic (exact) mass is 635 g/mol. The summed E-state index contributed by atoms with van der Waals surface area (Å²) >= 11 is 0. The molecule has 1 amide bonds. The number of hydrogen-bond donors (Lipinski definition) is 2. The molecule has 0 spiro atoms. The third-order valence-corrected chi connectivity index (χ3v) is 9.25. The second-order valence-corrected chi connectivity index (χ2v) is 13.8. The fourth-order valence-electron chi connectivity index (χ4n) is 6.88.